The lowest BCUT2D eigenvalue weighted by Gasteiger charge is -2.13. The maximum absolute atomic E-state index is 5.61. The molecule has 4 nitrogen and oxygen atoms in total. The first kappa shape index (κ1) is 20.9. The number of nitrogens with zero attached hydrogens (tertiary/aromatic N) is 2. The fraction of sp³-hybridized carbons (Fsp3) is 0. The SMILES string of the molecule is S=C(Nc1ccc2nc(-c3cccs3)c(-c3cccs3)nc2c1)Nc1cccc2ccccc12. The molecule has 0 aliphatic heterocycles. The van der Waals surface area contributed by atoms with Gasteiger partial charge in [-0.1, -0.05) is 48.5 Å². The van der Waals surface area contributed by atoms with Gasteiger partial charge in [0.1, 0.15) is 11.4 Å². The zero-order valence-electron chi connectivity index (χ0n) is 17.9. The predicted molar refractivity (Wildman–Crippen MR) is 150 cm³/mol. The van der Waals surface area contributed by atoms with Gasteiger partial charge in [-0.25, -0.2) is 9.97 Å². The summed E-state index contributed by atoms with van der Waals surface area (Å²) in [5.74, 6) is 0. The Morgan fingerprint density at radius 1 is 0.676 bits per heavy atom. The standard InChI is InChI=1S/C27H18N4S3/c32-27(31-20-9-3-7-17-6-1-2-8-19(17)20)28-18-12-13-21-22(16-18)30-26(24-11-5-15-34-24)25(29-21)23-10-4-14-33-23/h1-16H,(H2,28,31,32). The smallest absolute Gasteiger partial charge is 0.175 e. The number of hydrogen-bond donors (Lipinski definition) is 2. The van der Waals surface area contributed by atoms with Gasteiger partial charge in [0, 0.05) is 16.8 Å². The van der Waals surface area contributed by atoms with Crippen LogP contribution in [0.2, 0.25) is 0 Å². The first-order chi connectivity index (χ1) is 16.7. The van der Waals surface area contributed by atoms with Gasteiger partial charge in [-0.3, -0.25) is 0 Å². The molecule has 3 aromatic carbocycles. The number of benzene rings is 3. The molecule has 0 fully saturated rings. The minimum absolute atomic E-state index is 0.525. The van der Waals surface area contributed by atoms with Crippen molar-refractivity contribution in [1.82, 2.24) is 9.97 Å². The van der Waals surface area contributed by atoms with Gasteiger partial charge in [-0.2, -0.15) is 0 Å². The third kappa shape index (κ3) is 4.05. The minimum Gasteiger partial charge on any atom is -0.332 e. The summed E-state index contributed by atoms with van der Waals surface area (Å²) >= 11 is 8.96. The molecule has 0 bridgehead atoms. The molecule has 0 radical (unpaired) electrons. The summed E-state index contributed by atoms with van der Waals surface area (Å²) in [6.45, 7) is 0. The maximum Gasteiger partial charge on any atom is 0.175 e. The van der Waals surface area contributed by atoms with E-state index in [1.165, 1.54) is 5.39 Å². The van der Waals surface area contributed by atoms with Gasteiger partial charge in [0.25, 0.3) is 0 Å². The highest BCUT2D eigenvalue weighted by Gasteiger charge is 2.15. The number of rotatable bonds is 4. The highest BCUT2D eigenvalue weighted by Crippen LogP contribution is 2.35. The second-order valence-electron chi connectivity index (χ2n) is 7.68. The average Bonchev–Trinajstić information content (AvgIpc) is 3.58. The summed E-state index contributed by atoms with van der Waals surface area (Å²) < 4.78 is 0. The Bertz CT molecular complexity index is 1620. The lowest BCUT2D eigenvalue weighted by molar-refractivity contribution is 1.31. The second-order valence-corrected chi connectivity index (χ2v) is 9.99. The van der Waals surface area contributed by atoms with Crippen LogP contribution in [0.15, 0.2) is 95.7 Å². The van der Waals surface area contributed by atoms with Gasteiger partial charge < -0.3 is 10.6 Å². The van der Waals surface area contributed by atoms with Crippen molar-refractivity contribution in [1.29, 1.82) is 0 Å². The monoisotopic (exact) mass is 494 g/mol. The molecule has 0 amide bonds. The van der Waals surface area contributed by atoms with Crippen molar-refractivity contribution in [2.24, 2.45) is 0 Å². The van der Waals surface area contributed by atoms with Crippen LogP contribution in [0.5, 0.6) is 0 Å². The number of fused-ring (bicyclic) bond motifs is 2. The first-order valence-corrected chi connectivity index (χ1v) is 12.9. The van der Waals surface area contributed by atoms with E-state index in [9.17, 15) is 0 Å². The molecule has 6 rings (SSSR count). The summed E-state index contributed by atoms with van der Waals surface area (Å²) in [5.41, 5.74) is 5.32. The summed E-state index contributed by atoms with van der Waals surface area (Å²) in [4.78, 5) is 12.2. The van der Waals surface area contributed by atoms with E-state index in [-0.39, 0.29) is 0 Å². The number of thiophene rings is 2. The molecule has 0 aliphatic carbocycles. The molecule has 7 heteroatoms. The number of hydrogen-bond acceptors (Lipinski definition) is 5. The van der Waals surface area contributed by atoms with Crippen LogP contribution in [-0.2, 0) is 0 Å². The van der Waals surface area contributed by atoms with E-state index in [2.05, 4.69) is 51.7 Å². The first-order valence-electron chi connectivity index (χ1n) is 10.7. The highest BCUT2D eigenvalue weighted by molar-refractivity contribution is 7.80. The molecular weight excluding hydrogens is 477 g/mol. The lowest BCUT2D eigenvalue weighted by Crippen LogP contribution is -2.19. The molecule has 164 valence electrons. The van der Waals surface area contributed by atoms with Crippen LogP contribution in [0, 0.1) is 0 Å². The lowest BCUT2D eigenvalue weighted by atomic mass is 10.1. The Kier molecular flexibility index (Phi) is 5.50. The molecule has 2 N–H and O–H groups in total. The van der Waals surface area contributed by atoms with E-state index < -0.39 is 0 Å². The topological polar surface area (TPSA) is 49.8 Å². The number of nitrogens with one attached hydrogen (secondary N) is 2. The Balaban J connectivity index is 1.33. The summed E-state index contributed by atoms with van der Waals surface area (Å²) in [7, 11) is 0. The van der Waals surface area contributed by atoms with Crippen LogP contribution >= 0.6 is 34.9 Å². The molecule has 6 aromatic rings. The summed E-state index contributed by atoms with van der Waals surface area (Å²) in [6, 6.07) is 28.6. The van der Waals surface area contributed by atoms with Crippen molar-refractivity contribution in [2.75, 3.05) is 10.6 Å². The Morgan fingerprint density at radius 2 is 1.38 bits per heavy atom. The van der Waals surface area contributed by atoms with Crippen molar-refractivity contribution in [2.45, 2.75) is 0 Å². The summed E-state index contributed by atoms with van der Waals surface area (Å²) in [6.07, 6.45) is 0. The number of thiocarbonyl (C=S) groups is 1. The second kappa shape index (κ2) is 8.95. The number of aromatic nitrogens is 2. The average molecular weight is 495 g/mol. The molecule has 0 aliphatic rings. The quantitative estimate of drug-likeness (QED) is 0.243. The largest absolute Gasteiger partial charge is 0.332 e. The Morgan fingerprint density at radius 3 is 2.12 bits per heavy atom. The normalized spacial score (nSPS) is 11.1. The van der Waals surface area contributed by atoms with E-state index in [4.69, 9.17) is 22.2 Å². The Hall–Kier alpha value is -3.65. The van der Waals surface area contributed by atoms with Gasteiger partial charge >= 0.3 is 0 Å². The molecule has 0 saturated heterocycles. The van der Waals surface area contributed by atoms with Crippen LogP contribution in [0.4, 0.5) is 11.4 Å². The van der Waals surface area contributed by atoms with Crippen molar-refractivity contribution >= 4 is 73.2 Å². The van der Waals surface area contributed by atoms with Crippen molar-refractivity contribution in [3.63, 3.8) is 0 Å². The van der Waals surface area contributed by atoms with Crippen molar-refractivity contribution in [3.05, 3.63) is 95.7 Å². The van der Waals surface area contributed by atoms with Gasteiger partial charge in [-0.05, 0) is 64.8 Å². The molecule has 0 atom stereocenters. The fourth-order valence-corrected chi connectivity index (χ4v) is 5.58. The van der Waals surface area contributed by atoms with Crippen LogP contribution in [0.1, 0.15) is 0 Å². The van der Waals surface area contributed by atoms with Crippen LogP contribution in [0.3, 0.4) is 0 Å². The minimum atomic E-state index is 0.525. The molecular formula is C27H18N4S3. The molecule has 3 aromatic heterocycles. The van der Waals surface area contributed by atoms with E-state index in [1.54, 1.807) is 22.7 Å². The third-order valence-electron chi connectivity index (χ3n) is 5.47. The molecule has 0 saturated carbocycles. The van der Waals surface area contributed by atoms with E-state index in [1.807, 2.05) is 54.6 Å². The van der Waals surface area contributed by atoms with E-state index in [0.29, 0.717) is 5.11 Å². The van der Waals surface area contributed by atoms with Gasteiger partial charge in [0.15, 0.2) is 5.11 Å². The fourth-order valence-electron chi connectivity index (χ4n) is 3.92. The Labute approximate surface area is 210 Å². The molecule has 3 heterocycles. The third-order valence-corrected chi connectivity index (χ3v) is 7.43. The van der Waals surface area contributed by atoms with E-state index in [0.717, 1.165) is 48.9 Å². The predicted octanol–water partition coefficient (Wildman–Crippen LogP) is 8.05. The molecule has 34 heavy (non-hydrogen) atoms. The summed E-state index contributed by atoms with van der Waals surface area (Å²) in [5, 5.41) is 13.6. The zero-order valence-corrected chi connectivity index (χ0v) is 20.3. The maximum atomic E-state index is 5.61. The number of anilines is 2. The highest BCUT2D eigenvalue weighted by atomic mass is 32.1. The van der Waals surface area contributed by atoms with Crippen molar-refractivity contribution < 1.29 is 0 Å². The van der Waals surface area contributed by atoms with Crippen LogP contribution < -0.4 is 10.6 Å². The zero-order chi connectivity index (χ0) is 22.9. The van der Waals surface area contributed by atoms with E-state index >= 15 is 0 Å². The van der Waals surface area contributed by atoms with Gasteiger partial charge in [0.05, 0.1) is 20.8 Å². The van der Waals surface area contributed by atoms with Crippen molar-refractivity contribution in [3.8, 4) is 21.1 Å². The van der Waals surface area contributed by atoms with Crippen LogP contribution in [-0.4, -0.2) is 15.1 Å². The van der Waals surface area contributed by atoms with Crippen LogP contribution in [0.25, 0.3) is 42.9 Å². The van der Waals surface area contributed by atoms with Gasteiger partial charge in [-0.15, -0.1) is 22.7 Å². The molecule has 0 unspecified atom stereocenters. The van der Waals surface area contributed by atoms with Gasteiger partial charge in [0.2, 0.25) is 0 Å². The molecule has 0 spiro atoms.